The Morgan fingerprint density at radius 2 is 1.44 bits per heavy atom. The molecule has 0 amide bonds. The van der Waals surface area contributed by atoms with E-state index in [0.717, 1.165) is 45.1 Å². The van der Waals surface area contributed by atoms with Crippen molar-refractivity contribution in [2.75, 3.05) is 0 Å². The van der Waals surface area contributed by atoms with Gasteiger partial charge in [0, 0.05) is 16.6 Å². The van der Waals surface area contributed by atoms with Gasteiger partial charge >= 0.3 is 0 Å². The van der Waals surface area contributed by atoms with Crippen LogP contribution in [0.25, 0.3) is 10.9 Å². The van der Waals surface area contributed by atoms with E-state index in [1.165, 1.54) is 0 Å². The number of phenols is 1. The Hall–Kier alpha value is -3.33. The summed E-state index contributed by atoms with van der Waals surface area (Å²) in [6.45, 7) is 4.07. The highest BCUT2D eigenvalue weighted by atomic mass is 16.3. The monoisotopic (exact) mass is 355 g/mol. The van der Waals surface area contributed by atoms with Gasteiger partial charge in [-0.1, -0.05) is 60.2 Å². The van der Waals surface area contributed by atoms with Crippen molar-refractivity contribution in [3.63, 3.8) is 0 Å². The summed E-state index contributed by atoms with van der Waals surface area (Å²) in [5.74, 6) is 0.177. The van der Waals surface area contributed by atoms with Crippen LogP contribution in [0.1, 0.15) is 27.9 Å². The molecule has 27 heavy (non-hydrogen) atoms. The maximum Gasteiger partial charge on any atom is 0.140 e. The van der Waals surface area contributed by atoms with Crippen molar-refractivity contribution < 1.29 is 9.90 Å². The van der Waals surface area contributed by atoms with Gasteiger partial charge in [-0.2, -0.15) is 0 Å². The smallest absolute Gasteiger partial charge is 0.140 e. The second-order valence-electron chi connectivity index (χ2n) is 7.01. The highest BCUT2D eigenvalue weighted by Crippen LogP contribution is 2.41. The molecule has 4 rings (SSSR count). The summed E-state index contributed by atoms with van der Waals surface area (Å²) in [5.41, 5.74) is 4.77. The van der Waals surface area contributed by atoms with E-state index in [1.54, 1.807) is 12.1 Å². The lowest BCUT2D eigenvalue weighted by Crippen LogP contribution is -2.32. The number of fused-ring (bicyclic) bond motifs is 1. The molecule has 0 bridgehead atoms. The molecule has 3 heteroatoms. The molecule has 0 spiro atoms. The number of nitrogens with one attached hydrogen (secondary N) is 1. The summed E-state index contributed by atoms with van der Waals surface area (Å²) >= 11 is 0. The van der Waals surface area contributed by atoms with Gasteiger partial charge in [-0.15, -0.1) is 0 Å². The quantitative estimate of drug-likeness (QED) is 0.505. The van der Waals surface area contributed by atoms with Crippen LogP contribution in [0.5, 0.6) is 5.75 Å². The molecule has 0 unspecified atom stereocenters. The summed E-state index contributed by atoms with van der Waals surface area (Å²) in [5, 5.41) is 10.8. The van der Waals surface area contributed by atoms with E-state index in [1.807, 2.05) is 68.4 Å². The fourth-order valence-corrected chi connectivity index (χ4v) is 3.87. The molecule has 2 N–H and O–H groups in total. The Labute approximate surface area is 158 Å². The number of aromatic amines is 1. The van der Waals surface area contributed by atoms with Crippen LogP contribution in [0.3, 0.4) is 0 Å². The third-order valence-corrected chi connectivity index (χ3v) is 5.37. The lowest BCUT2D eigenvalue weighted by molar-refractivity contribution is -0.110. The Morgan fingerprint density at radius 3 is 2.04 bits per heavy atom. The maximum absolute atomic E-state index is 12.7. The number of carbonyl (C=O) groups excluding carboxylic acids is 1. The van der Waals surface area contributed by atoms with Gasteiger partial charge in [0.2, 0.25) is 0 Å². The summed E-state index contributed by atoms with van der Waals surface area (Å²) in [4.78, 5) is 16.2. The molecule has 1 heterocycles. The molecular formula is C24H21NO2. The fourth-order valence-electron chi connectivity index (χ4n) is 3.87. The summed E-state index contributed by atoms with van der Waals surface area (Å²) in [6, 6.07) is 23.0. The van der Waals surface area contributed by atoms with Crippen LogP contribution in [-0.2, 0) is 10.2 Å². The predicted octanol–water partition coefficient (Wildman–Crippen LogP) is 5.02. The van der Waals surface area contributed by atoms with Crippen LogP contribution in [0.4, 0.5) is 0 Å². The Bertz CT molecular complexity index is 1060. The molecule has 0 aliphatic rings. The summed E-state index contributed by atoms with van der Waals surface area (Å²) in [7, 11) is 0. The molecule has 134 valence electrons. The van der Waals surface area contributed by atoms with Gasteiger partial charge in [0.25, 0.3) is 0 Å². The number of hydrogen-bond donors (Lipinski definition) is 2. The third-order valence-electron chi connectivity index (χ3n) is 5.37. The zero-order valence-electron chi connectivity index (χ0n) is 15.4. The first-order valence-corrected chi connectivity index (χ1v) is 8.97. The van der Waals surface area contributed by atoms with Crippen molar-refractivity contribution in [2.24, 2.45) is 0 Å². The first-order chi connectivity index (χ1) is 13.1. The molecule has 1 aromatic heterocycles. The number of aromatic hydroxyl groups is 1. The van der Waals surface area contributed by atoms with Gasteiger partial charge in [-0.25, -0.2) is 0 Å². The van der Waals surface area contributed by atoms with Gasteiger partial charge in [0.15, 0.2) is 0 Å². The zero-order chi connectivity index (χ0) is 19.0. The summed E-state index contributed by atoms with van der Waals surface area (Å²) in [6.07, 6.45) is 1.00. The lowest BCUT2D eigenvalue weighted by atomic mass is 9.72. The Balaban J connectivity index is 2.08. The molecule has 0 saturated heterocycles. The molecule has 0 aliphatic heterocycles. The molecule has 0 fully saturated rings. The van der Waals surface area contributed by atoms with E-state index in [0.29, 0.717) is 0 Å². The van der Waals surface area contributed by atoms with Gasteiger partial charge in [0.1, 0.15) is 17.5 Å². The number of rotatable bonds is 4. The number of aryl methyl sites for hydroxylation is 2. The number of phenolic OH excluding ortho intramolecular Hbond substituents is 1. The molecule has 0 aliphatic carbocycles. The average Bonchev–Trinajstić information content (AvgIpc) is 3.03. The van der Waals surface area contributed by atoms with Crippen molar-refractivity contribution >= 4 is 17.2 Å². The minimum absolute atomic E-state index is 0.177. The van der Waals surface area contributed by atoms with E-state index in [2.05, 4.69) is 11.1 Å². The molecule has 3 nitrogen and oxygen atoms in total. The number of hydrogen-bond acceptors (Lipinski definition) is 2. The topological polar surface area (TPSA) is 53.1 Å². The van der Waals surface area contributed by atoms with Crippen molar-refractivity contribution in [1.29, 1.82) is 0 Å². The molecule has 3 aromatic carbocycles. The van der Waals surface area contributed by atoms with E-state index >= 15 is 0 Å². The number of H-pyrrole nitrogens is 1. The van der Waals surface area contributed by atoms with Crippen molar-refractivity contribution in [2.45, 2.75) is 19.3 Å². The normalized spacial score (nSPS) is 13.4. The summed E-state index contributed by atoms with van der Waals surface area (Å²) < 4.78 is 0. The highest BCUT2D eigenvalue weighted by molar-refractivity contribution is 5.90. The number of carbonyl (C=O) groups is 1. The minimum atomic E-state index is -0.982. The average molecular weight is 355 g/mol. The van der Waals surface area contributed by atoms with Crippen molar-refractivity contribution in [1.82, 2.24) is 4.98 Å². The predicted molar refractivity (Wildman–Crippen MR) is 108 cm³/mol. The molecular weight excluding hydrogens is 334 g/mol. The van der Waals surface area contributed by atoms with Crippen LogP contribution in [0, 0.1) is 13.8 Å². The van der Waals surface area contributed by atoms with E-state index in [9.17, 15) is 9.90 Å². The van der Waals surface area contributed by atoms with Gasteiger partial charge < -0.3 is 14.9 Å². The van der Waals surface area contributed by atoms with Gasteiger partial charge in [-0.3, -0.25) is 0 Å². The van der Waals surface area contributed by atoms with Crippen LogP contribution >= 0.6 is 0 Å². The van der Waals surface area contributed by atoms with Crippen LogP contribution in [0.15, 0.2) is 72.8 Å². The van der Waals surface area contributed by atoms with Crippen LogP contribution < -0.4 is 0 Å². The second-order valence-corrected chi connectivity index (χ2v) is 7.01. The number of benzene rings is 3. The van der Waals surface area contributed by atoms with Crippen molar-refractivity contribution in [3.05, 3.63) is 101 Å². The molecule has 0 saturated carbocycles. The minimum Gasteiger partial charge on any atom is -0.508 e. The fraction of sp³-hybridized carbons (Fsp3) is 0.125. The lowest BCUT2D eigenvalue weighted by Gasteiger charge is -2.30. The number of para-hydroxylation sites is 1. The highest BCUT2D eigenvalue weighted by Gasteiger charge is 2.39. The number of aromatic nitrogens is 1. The molecule has 0 radical (unpaired) electrons. The molecule has 1 atom stereocenters. The van der Waals surface area contributed by atoms with E-state index in [-0.39, 0.29) is 5.75 Å². The Morgan fingerprint density at radius 1 is 0.852 bits per heavy atom. The standard InChI is InChI=1S/C24H21NO2/c1-16-7-9-18(10-8-16)24(15-26,19-11-13-20(27)14-12-19)23-17(2)21-5-3-4-6-22(21)25-23/h3-15,25,27H,1-2H3/t24-/m1/s1. The first-order valence-electron chi connectivity index (χ1n) is 8.97. The van der Waals surface area contributed by atoms with Gasteiger partial charge in [-0.05, 0) is 48.7 Å². The third kappa shape index (κ3) is 2.63. The first kappa shape index (κ1) is 17.1. The second kappa shape index (κ2) is 6.44. The zero-order valence-corrected chi connectivity index (χ0v) is 15.4. The molecule has 4 aromatic rings. The van der Waals surface area contributed by atoms with Crippen molar-refractivity contribution in [3.8, 4) is 5.75 Å². The maximum atomic E-state index is 12.7. The largest absolute Gasteiger partial charge is 0.508 e. The Kier molecular flexibility index (Phi) is 4.08. The van der Waals surface area contributed by atoms with E-state index < -0.39 is 5.41 Å². The van der Waals surface area contributed by atoms with Crippen LogP contribution in [-0.4, -0.2) is 16.4 Å². The van der Waals surface area contributed by atoms with Gasteiger partial charge in [0.05, 0.1) is 0 Å². The number of aldehydes is 1. The van der Waals surface area contributed by atoms with E-state index in [4.69, 9.17) is 0 Å². The van der Waals surface area contributed by atoms with Crippen LogP contribution in [0.2, 0.25) is 0 Å². The SMILES string of the molecule is Cc1ccc([C@](C=O)(c2ccc(O)cc2)c2[nH]c3ccccc3c2C)cc1.